The van der Waals surface area contributed by atoms with Crippen molar-refractivity contribution < 1.29 is 8.42 Å². The number of benzene rings is 5. The molecule has 0 fully saturated rings. The summed E-state index contributed by atoms with van der Waals surface area (Å²) in [7, 11) is -3.38. The van der Waals surface area contributed by atoms with E-state index in [2.05, 4.69) is 58.6 Å². The summed E-state index contributed by atoms with van der Waals surface area (Å²) in [5.41, 5.74) is 7.34. The van der Waals surface area contributed by atoms with E-state index in [1.165, 1.54) is 23.9 Å². The van der Waals surface area contributed by atoms with Gasteiger partial charge in [-0.1, -0.05) is 109 Å². The number of thiophene rings is 1. The molecule has 8 aromatic rings. The maximum atomic E-state index is 12.3. The second kappa shape index (κ2) is 12.9. The molecular weight excluding hydrogens is 671 g/mol. The molecule has 5 aromatic carbocycles. The Morgan fingerprint density at radius 1 is 0.686 bits per heavy atom. The Bertz CT molecular complexity index is 2590. The standard InChI is InChI=1S/C42H29N5O2S2/c1-51(48,49)39-23-22-38(50-39)41-35-25-30(20-21-37(35)44-28-45-41)36-27-47(46-40(36)31-13-11-12-29(24-31)26-43)42(32-14-5-2-6-15-32,33-16-7-3-8-17-33)34-18-9-4-10-19-34/h2-25,27-28H,1H3. The molecule has 8 rings (SSSR count). The Labute approximate surface area is 299 Å². The molecule has 0 saturated carbocycles. The first-order valence-electron chi connectivity index (χ1n) is 16.2. The fourth-order valence-corrected chi connectivity index (χ4v) is 8.65. The zero-order valence-electron chi connectivity index (χ0n) is 27.4. The topological polar surface area (TPSA) is 102 Å². The average molecular weight is 700 g/mol. The van der Waals surface area contributed by atoms with Gasteiger partial charge in [-0.2, -0.15) is 10.4 Å². The van der Waals surface area contributed by atoms with Gasteiger partial charge in [-0.3, -0.25) is 4.68 Å². The van der Waals surface area contributed by atoms with Crippen LogP contribution in [0.1, 0.15) is 22.3 Å². The molecule has 0 aliphatic carbocycles. The molecule has 3 heterocycles. The van der Waals surface area contributed by atoms with Crippen molar-refractivity contribution >= 4 is 32.1 Å². The van der Waals surface area contributed by atoms with E-state index in [9.17, 15) is 13.7 Å². The van der Waals surface area contributed by atoms with Crippen LogP contribution >= 0.6 is 11.3 Å². The minimum Gasteiger partial charge on any atom is -0.252 e. The van der Waals surface area contributed by atoms with Gasteiger partial charge in [0.15, 0.2) is 9.84 Å². The van der Waals surface area contributed by atoms with Crippen LogP contribution in [-0.2, 0) is 15.4 Å². The lowest BCUT2D eigenvalue weighted by Crippen LogP contribution is -2.38. The summed E-state index contributed by atoms with van der Waals surface area (Å²) in [5.74, 6) is 0. The van der Waals surface area contributed by atoms with E-state index in [1.807, 2.05) is 95.7 Å². The van der Waals surface area contributed by atoms with Crippen LogP contribution < -0.4 is 0 Å². The molecular formula is C42H29N5O2S2. The van der Waals surface area contributed by atoms with Gasteiger partial charge in [0.1, 0.15) is 21.8 Å². The van der Waals surface area contributed by atoms with Crippen molar-refractivity contribution in [3.63, 3.8) is 0 Å². The number of fused-ring (bicyclic) bond motifs is 1. The molecule has 246 valence electrons. The number of sulfone groups is 1. The number of nitriles is 1. The SMILES string of the molecule is CS(=O)(=O)c1ccc(-c2ncnc3ccc(-c4cn(C(c5ccccc5)(c5ccccc5)c5ccccc5)nc4-c4cccc(C#N)c4)cc23)s1. The molecule has 0 spiro atoms. The molecule has 9 heteroatoms. The predicted octanol–water partition coefficient (Wildman–Crippen LogP) is 9.00. The van der Waals surface area contributed by atoms with E-state index in [1.54, 1.807) is 18.2 Å². The second-order valence-corrected chi connectivity index (χ2v) is 15.5. The van der Waals surface area contributed by atoms with Crippen molar-refractivity contribution in [2.75, 3.05) is 6.26 Å². The summed E-state index contributed by atoms with van der Waals surface area (Å²) < 4.78 is 27.0. The number of aromatic nitrogens is 4. The molecule has 51 heavy (non-hydrogen) atoms. The van der Waals surface area contributed by atoms with E-state index in [4.69, 9.17) is 5.10 Å². The lowest BCUT2D eigenvalue weighted by Gasteiger charge is -2.36. The van der Waals surface area contributed by atoms with Crippen LogP contribution in [0.15, 0.2) is 162 Å². The van der Waals surface area contributed by atoms with Crippen molar-refractivity contribution in [2.24, 2.45) is 0 Å². The summed E-state index contributed by atoms with van der Waals surface area (Å²) in [4.78, 5) is 9.89. The van der Waals surface area contributed by atoms with Crippen molar-refractivity contribution in [3.8, 4) is 39.0 Å². The molecule has 0 atom stereocenters. The lowest BCUT2D eigenvalue weighted by atomic mass is 9.77. The van der Waals surface area contributed by atoms with Crippen LogP contribution in [0.2, 0.25) is 0 Å². The average Bonchev–Trinajstić information content (AvgIpc) is 3.86. The number of nitrogens with zero attached hydrogens (tertiary/aromatic N) is 5. The van der Waals surface area contributed by atoms with Crippen LogP contribution in [0.4, 0.5) is 0 Å². The normalized spacial score (nSPS) is 11.8. The van der Waals surface area contributed by atoms with Gasteiger partial charge in [-0.15, -0.1) is 11.3 Å². The summed E-state index contributed by atoms with van der Waals surface area (Å²) in [5, 5.41) is 16.1. The number of rotatable bonds is 8. The zero-order valence-corrected chi connectivity index (χ0v) is 29.0. The molecule has 0 unspecified atom stereocenters. The Balaban J connectivity index is 1.43. The molecule has 0 N–H and O–H groups in total. The van der Waals surface area contributed by atoms with E-state index in [0.29, 0.717) is 17.0 Å². The Hall–Kier alpha value is -6.21. The van der Waals surface area contributed by atoms with Gasteiger partial charge < -0.3 is 0 Å². The van der Waals surface area contributed by atoms with E-state index >= 15 is 0 Å². The van der Waals surface area contributed by atoms with Gasteiger partial charge in [-0.05, 0) is 58.7 Å². The van der Waals surface area contributed by atoms with Crippen LogP contribution in [0.25, 0.3) is 43.9 Å². The number of hydrogen-bond donors (Lipinski definition) is 0. The Morgan fingerprint density at radius 3 is 1.92 bits per heavy atom. The highest BCUT2D eigenvalue weighted by atomic mass is 32.2. The third kappa shape index (κ3) is 5.70. The first-order chi connectivity index (χ1) is 24.9. The van der Waals surface area contributed by atoms with Crippen molar-refractivity contribution in [3.05, 3.63) is 180 Å². The largest absolute Gasteiger partial charge is 0.252 e. The van der Waals surface area contributed by atoms with E-state index in [0.717, 1.165) is 49.2 Å². The van der Waals surface area contributed by atoms with Crippen LogP contribution in [-0.4, -0.2) is 34.4 Å². The van der Waals surface area contributed by atoms with Crippen molar-refractivity contribution in [1.29, 1.82) is 5.26 Å². The zero-order chi connectivity index (χ0) is 35.0. The summed E-state index contributed by atoms with van der Waals surface area (Å²) in [6, 6.07) is 50.3. The van der Waals surface area contributed by atoms with Gasteiger partial charge in [0.05, 0.1) is 27.7 Å². The molecule has 0 radical (unpaired) electrons. The highest BCUT2D eigenvalue weighted by Gasteiger charge is 2.40. The van der Waals surface area contributed by atoms with Gasteiger partial charge in [0.2, 0.25) is 0 Å². The predicted molar refractivity (Wildman–Crippen MR) is 202 cm³/mol. The Morgan fingerprint density at radius 2 is 1.33 bits per heavy atom. The quantitative estimate of drug-likeness (QED) is 0.147. The highest BCUT2D eigenvalue weighted by Crippen LogP contribution is 2.44. The highest BCUT2D eigenvalue weighted by molar-refractivity contribution is 7.92. The molecule has 0 amide bonds. The fraction of sp³-hybridized carbons (Fsp3) is 0.0476. The maximum Gasteiger partial charge on any atom is 0.184 e. The molecule has 0 aliphatic rings. The van der Waals surface area contributed by atoms with Crippen molar-refractivity contribution in [2.45, 2.75) is 9.75 Å². The van der Waals surface area contributed by atoms with Crippen LogP contribution in [0, 0.1) is 11.3 Å². The summed E-state index contributed by atoms with van der Waals surface area (Å²) in [6.45, 7) is 0. The van der Waals surface area contributed by atoms with Crippen LogP contribution in [0.5, 0.6) is 0 Å². The lowest BCUT2D eigenvalue weighted by molar-refractivity contribution is 0.461. The van der Waals surface area contributed by atoms with E-state index < -0.39 is 15.4 Å². The Kier molecular flexibility index (Phi) is 8.11. The molecule has 7 nitrogen and oxygen atoms in total. The summed E-state index contributed by atoms with van der Waals surface area (Å²) in [6.07, 6.45) is 4.79. The molecule has 0 aliphatic heterocycles. The molecule has 3 aromatic heterocycles. The first-order valence-corrected chi connectivity index (χ1v) is 18.9. The summed E-state index contributed by atoms with van der Waals surface area (Å²) >= 11 is 1.19. The third-order valence-electron chi connectivity index (χ3n) is 9.02. The van der Waals surface area contributed by atoms with E-state index in [-0.39, 0.29) is 4.21 Å². The van der Waals surface area contributed by atoms with Gasteiger partial charge >= 0.3 is 0 Å². The van der Waals surface area contributed by atoms with Crippen molar-refractivity contribution in [1.82, 2.24) is 19.7 Å². The van der Waals surface area contributed by atoms with Gasteiger partial charge in [0, 0.05) is 29.0 Å². The molecule has 0 saturated heterocycles. The second-order valence-electron chi connectivity index (χ2n) is 12.2. The van der Waals surface area contributed by atoms with Gasteiger partial charge in [0.25, 0.3) is 0 Å². The monoisotopic (exact) mass is 699 g/mol. The van der Waals surface area contributed by atoms with Crippen LogP contribution in [0.3, 0.4) is 0 Å². The molecule has 0 bridgehead atoms. The number of hydrogen-bond acceptors (Lipinski definition) is 7. The smallest absolute Gasteiger partial charge is 0.184 e. The first kappa shape index (κ1) is 32.0. The minimum absolute atomic E-state index is 0.278. The van der Waals surface area contributed by atoms with Gasteiger partial charge in [-0.25, -0.2) is 18.4 Å². The third-order valence-corrected chi connectivity index (χ3v) is 11.9. The minimum atomic E-state index is -3.38. The fourth-order valence-electron chi connectivity index (χ4n) is 6.71. The maximum absolute atomic E-state index is 12.3.